The number of rotatable bonds is 3. The van der Waals surface area contributed by atoms with Crippen molar-refractivity contribution in [3.63, 3.8) is 0 Å². The molecule has 1 aromatic heterocycles. The summed E-state index contributed by atoms with van der Waals surface area (Å²) >= 11 is 0. The zero-order chi connectivity index (χ0) is 11.4. The van der Waals surface area contributed by atoms with Gasteiger partial charge in [0.15, 0.2) is 0 Å². The van der Waals surface area contributed by atoms with Crippen LogP contribution in [0.2, 0.25) is 0 Å². The van der Waals surface area contributed by atoms with Crippen LogP contribution in [0.3, 0.4) is 0 Å². The summed E-state index contributed by atoms with van der Waals surface area (Å²) in [5.41, 5.74) is 0.846. The molecule has 1 unspecified atom stereocenters. The highest BCUT2D eigenvalue weighted by atomic mass is 19.1. The van der Waals surface area contributed by atoms with E-state index in [1.165, 1.54) is 12.3 Å². The van der Waals surface area contributed by atoms with Gasteiger partial charge in [0, 0.05) is 25.8 Å². The molecule has 5 heteroatoms. The van der Waals surface area contributed by atoms with Gasteiger partial charge in [-0.05, 0) is 11.6 Å². The first-order valence-corrected chi connectivity index (χ1v) is 5.32. The number of hydrogen-bond donors (Lipinski definition) is 1. The number of pyridine rings is 1. The van der Waals surface area contributed by atoms with Gasteiger partial charge in [-0.3, -0.25) is 9.88 Å². The molecule has 1 saturated heterocycles. The molecule has 88 valence electrons. The maximum atomic E-state index is 12.9. The van der Waals surface area contributed by atoms with Crippen molar-refractivity contribution in [1.29, 1.82) is 0 Å². The lowest BCUT2D eigenvalue weighted by Gasteiger charge is -2.31. The Morgan fingerprint density at radius 3 is 3.19 bits per heavy atom. The first kappa shape index (κ1) is 11.4. The van der Waals surface area contributed by atoms with Crippen LogP contribution in [0.15, 0.2) is 18.5 Å². The summed E-state index contributed by atoms with van der Waals surface area (Å²) in [7, 11) is 0. The minimum atomic E-state index is -0.315. The fourth-order valence-electron chi connectivity index (χ4n) is 1.84. The first-order valence-electron chi connectivity index (χ1n) is 5.32. The predicted octanol–water partition coefficient (Wildman–Crippen LogP) is 0.414. The third kappa shape index (κ3) is 2.98. The normalized spacial score (nSPS) is 22.2. The molecule has 1 N–H and O–H groups in total. The van der Waals surface area contributed by atoms with Crippen LogP contribution in [-0.4, -0.2) is 47.4 Å². The van der Waals surface area contributed by atoms with E-state index in [2.05, 4.69) is 9.88 Å². The number of nitrogens with zero attached hydrogens (tertiary/aromatic N) is 2. The molecular formula is C11H15FN2O2. The van der Waals surface area contributed by atoms with Gasteiger partial charge in [-0.2, -0.15) is 0 Å². The average Bonchev–Trinajstić information content (AvgIpc) is 2.29. The van der Waals surface area contributed by atoms with Crippen LogP contribution >= 0.6 is 0 Å². The van der Waals surface area contributed by atoms with Crippen molar-refractivity contribution in [3.8, 4) is 0 Å². The Bertz CT molecular complexity index is 349. The van der Waals surface area contributed by atoms with Gasteiger partial charge in [-0.25, -0.2) is 4.39 Å². The third-order valence-electron chi connectivity index (χ3n) is 2.59. The van der Waals surface area contributed by atoms with Crippen molar-refractivity contribution in [2.45, 2.75) is 12.6 Å². The van der Waals surface area contributed by atoms with Crippen LogP contribution in [0.4, 0.5) is 4.39 Å². The number of aliphatic hydroxyl groups is 1. The Labute approximate surface area is 93.7 Å². The standard InChI is InChI=1S/C11H15FN2O2/c12-10-3-9(4-13-5-10)6-14-1-2-16-11(7-14)8-15/h3-5,11,15H,1-2,6-8H2. The summed E-state index contributed by atoms with van der Waals surface area (Å²) in [6, 6.07) is 1.48. The number of hydrogen-bond acceptors (Lipinski definition) is 4. The molecular weight excluding hydrogens is 211 g/mol. The first-order chi connectivity index (χ1) is 7.78. The lowest BCUT2D eigenvalue weighted by molar-refractivity contribution is -0.0551. The molecule has 1 atom stereocenters. The molecule has 0 aliphatic carbocycles. The molecule has 1 fully saturated rings. The van der Waals surface area contributed by atoms with E-state index in [0.717, 1.165) is 12.1 Å². The maximum Gasteiger partial charge on any atom is 0.141 e. The highest BCUT2D eigenvalue weighted by molar-refractivity contribution is 5.10. The van der Waals surface area contributed by atoms with Crippen LogP contribution in [0.1, 0.15) is 5.56 Å². The van der Waals surface area contributed by atoms with Crippen LogP contribution < -0.4 is 0 Å². The largest absolute Gasteiger partial charge is 0.394 e. The molecule has 16 heavy (non-hydrogen) atoms. The second kappa shape index (κ2) is 5.34. The Hall–Kier alpha value is -1.04. The predicted molar refractivity (Wildman–Crippen MR) is 56.3 cm³/mol. The number of aliphatic hydroxyl groups excluding tert-OH is 1. The van der Waals surface area contributed by atoms with E-state index in [4.69, 9.17) is 9.84 Å². The number of morpholine rings is 1. The Morgan fingerprint density at radius 2 is 2.44 bits per heavy atom. The lowest BCUT2D eigenvalue weighted by atomic mass is 10.2. The van der Waals surface area contributed by atoms with E-state index in [-0.39, 0.29) is 18.5 Å². The second-order valence-corrected chi connectivity index (χ2v) is 3.92. The number of ether oxygens (including phenoxy) is 1. The fraction of sp³-hybridized carbons (Fsp3) is 0.545. The second-order valence-electron chi connectivity index (χ2n) is 3.92. The van der Waals surface area contributed by atoms with Crippen molar-refractivity contribution in [3.05, 3.63) is 29.8 Å². The van der Waals surface area contributed by atoms with E-state index in [1.807, 2.05) is 0 Å². The van der Waals surface area contributed by atoms with Crippen LogP contribution in [-0.2, 0) is 11.3 Å². The molecule has 2 rings (SSSR count). The van der Waals surface area contributed by atoms with Crippen LogP contribution in [0.25, 0.3) is 0 Å². The number of halogens is 1. The van der Waals surface area contributed by atoms with Gasteiger partial charge in [0.1, 0.15) is 5.82 Å². The van der Waals surface area contributed by atoms with Gasteiger partial charge in [0.25, 0.3) is 0 Å². The highest BCUT2D eigenvalue weighted by Gasteiger charge is 2.19. The Morgan fingerprint density at radius 1 is 1.56 bits per heavy atom. The molecule has 4 nitrogen and oxygen atoms in total. The SMILES string of the molecule is OCC1CN(Cc2cncc(F)c2)CCO1. The molecule has 1 aliphatic heterocycles. The average molecular weight is 226 g/mol. The maximum absolute atomic E-state index is 12.9. The lowest BCUT2D eigenvalue weighted by Crippen LogP contribution is -2.43. The minimum Gasteiger partial charge on any atom is -0.394 e. The summed E-state index contributed by atoms with van der Waals surface area (Å²) in [4.78, 5) is 5.93. The summed E-state index contributed by atoms with van der Waals surface area (Å²) < 4.78 is 18.3. The Balaban J connectivity index is 1.94. The van der Waals surface area contributed by atoms with E-state index in [0.29, 0.717) is 19.7 Å². The molecule has 0 bridgehead atoms. The van der Waals surface area contributed by atoms with E-state index >= 15 is 0 Å². The third-order valence-corrected chi connectivity index (χ3v) is 2.59. The highest BCUT2D eigenvalue weighted by Crippen LogP contribution is 2.10. The van der Waals surface area contributed by atoms with E-state index in [9.17, 15) is 4.39 Å². The summed E-state index contributed by atoms with van der Waals surface area (Å²) in [5.74, 6) is -0.315. The van der Waals surface area contributed by atoms with Gasteiger partial charge in [0.05, 0.1) is 25.5 Å². The van der Waals surface area contributed by atoms with Gasteiger partial charge < -0.3 is 9.84 Å². The van der Waals surface area contributed by atoms with Gasteiger partial charge in [0.2, 0.25) is 0 Å². The van der Waals surface area contributed by atoms with Gasteiger partial charge >= 0.3 is 0 Å². The Kier molecular flexibility index (Phi) is 3.82. The van der Waals surface area contributed by atoms with Crippen LogP contribution in [0.5, 0.6) is 0 Å². The molecule has 0 aromatic carbocycles. The zero-order valence-electron chi connectivity index (χ0n) is 8.97. The number of aromatic nitrogens is 1. The van der Waals surface area contributed by atoms with Crippen molar-refractivity contribution in [2.75, 3.05) is 26.3 Å². The quantitative estimate of drug-likeness (QED) is 0.811. The summed E-state index contributed by atoms with van der Waals surface area (Å²) in [6.45, 7) is 2.75. The molecule has 0 radical (unpaired) electrons. The molecule has 1 aromatic rings. The van der Waals surface area contributed by atoms with Crippen molar-refractivity contribution < 1.29 is 14.2 Å². The molecule has 2 heterocycles. The van der Waals surface area contributed by atoms with Crippen LogP contribution in [0, 0.1) is 5.82 Å². The van der Waals surface area contributed by atoms with Crippen molar-refractivity contribution in [2.24, 2.45) is 0 Å². The molecule has 0 spiro atoms. The minimum absolute atomic E-state index is 0.0257. The summed E-state index contributed by atoms with van der Waals surface area (Å²) in [6.07, 6.45) is 2.72. The monoisotopic (exact) mass is 226 g/mol. The molecule has 0 saturated carbocycles. The molecule has 1 aliphatic rings. The van der Waals surface area contributed by atoms with E-state index in [1.54, 1.807) is 6.20 Å². The molecule has 0 amide bonds. The van der Waals surface area contributed by atoms with Gasteiger partial charge in [-0.1, -0.05) is 0 Å². The summed E-state index contributed by atoms with van der Waals surface area (Å²) in [5, 5.41) is 8.99. The fourth-order valence-corrected chi connectivity index (χ4v) is 1.84. The van der Waals surface area contributed by atoms with Gasteiger partial charge in [-0.15, -0.1) is 0 Å². The smallest absolute Gasteiger partial charge is 0.141 e. The topological polar surface area (TPSA) is 45.6 Å². The van der Waals surface area contributed by atoms with Crippen molar-refractivity contribution in [1.82, 2.24) is 9.88 Å². The zero-order valence-corrected chi connectivity index (χ0v) is 8.97. The van der Waals surface area contributed by atoms with E-state index < -0.39 is 0 Å². The van der Waals surface area contributed by atoms with Crippen molar-refractivity contribution >= 4 is 0 Å².